The van der Waals surface area contributed by atoms with Gasteiger partial charge in [-0.2, -0.15) is 13.7 Å². The topological polar surface area (TPSA) is 25.8 Å². The molecule has 0 spiro atoms. The van der Waals surface area contributed by atoms with Gasteiger partial charge >= 0.3 is 0 Å². The number of rotatable bonds is 0. The van der Waals surface area contributed by atoms with E-state index < -0.39 is 5.26 Å². The van der Waals surface area contributed by atoms with Crippen LogP contribution in [0, 0.1) is 5.26 Å². The van der Waals surface area contributed by atoms with Crippen LogP contribution in [-0.4, -0.2) is 9.36 Å². The molecule has 0 aliphatic carbocycles. The lowest BCUT2D eigenvalue weighted by molar-refractivity contribution is 0.617. The first kappa shape index (κ1) is 3.67. The summed E-state index contributed by atoms with van der Waals surface area (Å²) in [6.07, 6.45) is 1.18. The Morgan fingerprint density at radius 1 is 1.83 bits per heavy atom. The molecule has 1 rings (SSSR count). The molecular weight excluding hydrogens is 103 g/mol. The molecule has 4 heteroatoms. The third-order valence-corrected chi connectivity index (χ3v) is 0.790. The van der Waals surface area contributed by atoms with E-state index in [9.17, 15) is 4.39 Å². The highest BCUT2D eigenvalue weighted by Gasteiger charge is 1.84. The normalized spacial score (nSPS) is 8.83. The van der Waals surface area contributed by atoms with E-state index in [1.807, 2.05) is 0 Å². The first-order chi connectivity index (χ1) is 2.89. The molecular formula is C2HFN2S. The number of nitrogens with zero attached hydrogens (tertiary/aromatic N) is 2. The molecule has 0 N–H and O–H groups in total. The van der Waals surface area contributed by atoms with Crippen molar-refractivity contribution in [1.82, 2.24) is 9.36 Å². The number of hydrogen-bond donors (Lipinski definition) is 0. The standard InChI is InChI=1S/C2HFN2S/c3-2-4-1-5-6-2/h1H. The minimum atomic E-state index is -0.477. The largest absolute Gasteiger partial charge is 0.288 e. The van der Waals surface area contributed by atoms with Crippen LogP contribution in [0.4, 0.5) is 4.39 Å². The van der Waals surface area contributed by atoms with Gasteiger partial charge in [-0.15, -0.1) is 0 Å². The molecule has 0 saturated heterocycles. The Labute approximate surface area is 37.8 Å². The number of hydrogen-bond acceptors (Lipinski definition) is 3. The molecule has 0 amide bonds. The highest BCUT2D eigenvalue weighted by Crippen LogP contribution is 1.92. The zero-order valence-corrected chi connectivity index (χ0v) is 3.57. The molecule has 0 aliphatic heterocycles. The molecule has 0 atom stereocenters. The Balaban J connectivity index is 3.05. The van der Waals surface area contributed by atoms with Crippen molar-refractivity contribution in [3.05, 3.63) is 11.6 Å². The second-order valence-corrected chi connectivity index (χ2v) is 1.42. The lowest BCUT2D eigenvalue weighted by Crippen LogP contribution is -1.58. The molecule has 32 valence electrons. The van der Waals surface area contributed by atoms with Crippen LogP contribution in [0.5, 0.6) is 0 Å². The van der Waals surface area contributed by atoms with Crippen LogP contribution in [0.3, 0.4) is 0 Å². The summed E-state index contributed by atoms with van der Waals surface area (Å²) in [7, 11) is 0. The molecule has 0 saturated carbocycles. The van der Waals surface area contributed by atoms with Crippen molar-refractivity contribution in [3.8, 4) is 0 Å². The highest BCUT2D eigenvalue weighted by atomic mass is 32.1. The predicted molar refractivity (Wildman–Crippen MR) is 19.9 cm³/mol. The SMILES string of the molecule is Fc1ncns1. The lowest BCUT2D eigenvalue weighted by Gasteiger charge is -1.56. The van der Waals surface area contributed by atoms with Crippen LogP contribution >= 0.6 is 11.5 Å². The summed E-state index contributed by atoms with van der Waals surface area (Å²) in [5.74, 6) is 0. The maximum absolute atomic E-state index is 11.5. The predicted octanol–water partition coefficient (Wildman–Crippen LogP) is 0.677. The zero-order valence-electron chi connectivity index (χ0n) is 2.76. The van der Waals surface area contributed by atoms with E-state index in [0.29, 0.717) is 0 Å². The highest BCUT2D eigenvalue weighted by molar-refractivity contribution is 7.03. The maximum Gasteiger partial charge on any atom is 0.288 e. The van der Waals surface area contributed by atoms with Gasteiger partial charge in [0.05, 0.1) is 0 Å². The first-order valence-corrected chi connectivity index (χ1v) is 2.09. The van der Waals surface area contributed by atoms with Gasteiger partial charge in [0.1, 0.15) is 6.33 Å². The third-order valence-electron chi connectivity index (χ3n) is 0.334. The van der Waals surface area contributed by atoms with Gasteiger partial charge < -0.3 is 0 Å². The van der Waals surface area contributed by atoms with Crippen molar-refractivity contribution >= 4 is 11.5 Å². The maximum atomic E-state index is 11.5. The van der Waals surface area contributed by atoms with Gasteiger partial charge in [-0.25, -0.2) is 0 Å². The summed E-state index contributed by atoms with van der Waals surface area (Å²) in [4.78, 5) is 3.16. The van der Waals surface area contributed by atoms with E-state index in [2.05, 4.69) is 9.36 Å². The molecule has 1 aromatic heterocycles. The lowest BCUT2D eigenvalue weighted by atomic mass is 11.3. The van der Waals surface area contributed by atoms with Crippen LogP contribution in [0.2, 0.25) is 0 Å². The average Bonchev–Trinajstić information content (AvgIpc) is 1.86. The van der Waals surface area contributed by atoms with Gasteiger partial charge in [-0.1, -0.05) is 0 Å². The Morgan fingerprint density at radius 2 is 2.67 bits per heavy atom. The second-order valence-electron chi connectivity index (χ2n) is 0.694. The Bertz CT molecular complexity index is 115. The molecule has 0 bridgehead atoms. The summed E-state index contributed by atoms with van der Waals surface area (Å²) < 4.78 is 14.9. The van der Waals surface area contributed by atoms with Crippen molar-refractivity contribution in [1.29, 1.82) is 0 Å². The minimum Gasteiger partial charge on any atom is -0.196 e. The van der Waals surface area contributed by atoms with E-state index in [1.165, 1.54) is 6.33 Å². The van der Waals surface area contributed by atoms with Crippen molar-refractivity contribution < 1.29 is 4.39 Å². The van der Waals surface area contributed by atoms with E-state index in [4.69, 9.17) is 0 Å². The number of aromatic nitrogens is 2. The Morgan fingerprint density at radius 3 is 2.83 bits per heavy atom. The first-order valence-electron chi connectivity index (χ1n) is 1.32. The molecule has 0 aliphatic rings. The van der Waals surface area contributed by atoms with Crippen molar-refractivity contribution in [2.45, 2.75) is 0 Å². The summed E-state index contributed by atoms with van der Waals surface area (Å²) in [6, 6.07) is 0. The van der Waals surface area contributed by atoms with Crippen molar-refractivity contribution in [2.24, 2.45) is 0 Å². The van der Waals surface area contributed by atoms with Gasteiger partial charge in [0.2, 0.25) is 0 Å². The van der Waals surface area contributed by atoms with Crippen LogP contribution in [0.25, 0.3) is 0 Å². The summed E-state index contributed by atoms with van der Waals surface area (Å²) in [5.41, 5.74) is 0. The van der Waals surface area contributed by atoms with Crippen LogP contribution in [-0.2, 0) is 0 Å². The van der Waals surface area contributed by atoms with Crippen LogP contribution < -0.4 is 0 Å². The van der Waals surface area contributed by atoms with Gasteiger partial charge in [0, 0.05) is 11.5 Å². The average molecular weight is 104 g/mol. The second kappa shape index (κ2) is 1.30. The molecule has 1 heterocycles. The summed E-state index contributed by atoms with van der Waals surface area (Å²) >= 11 is 0.750. The molecule has 0 fully saturated rings. The van der Waals surface area contributed by atoms with Crippen LogP contribution in [0.15, 0.2) is 6.33 Å². The molecule has 6 heavy (non-hydrogen) atoms. The fraction of sp³-hybridized carbons (Fsp3) is 0. The molecule has 0 aromatic carbocycles. The fourth-order valence-electron chi connectivity index (χ4n) is 0.160. The van der Waals surface area contributed by atoms with Gasteiger partial charge in [0.25, 0.3) is 5.26 Å². The summed E-state index contributed by atoms with van der Waals surface area (Å²) in [5, 5.41) is -0.477. The molecule has 0 radical (unpaired) electrons. The summed E-state index contributed by atoms with van der Waals surface area (Å²) in [6.45, 7) is 0. The third kappa shape index (κ3) is 0.514. The minimum absolute atomic E-state index is 0.477. The zero-order chi connectivity index (χ0) is 4.41. The van der Waals surface area contributed by atoms with Crippen LogP contribution in [0.1, 0.15) is 0 Å². The Kier molecular flexibility index (Phi) is 0.795. The van der Waals surface area contributed by atoms with Gasteiger partial charge in [-0.3, -0.25) is 0 Å². The van der Waals surface area contributed by atoms with Gasteiger partial charge in [0.15, 0.2) is 0 Å². The fourth-order valence-corrected chi connectivity index (χ4v) is 0.435. The molecule has 1 aromatic rings. The van der Waals surface area contributed by atoms with E-state index >= 15 is 0 Å². The smallest absolute Gasteiger partial charge is 0.196 e. The monoisotopic (exact) mass is 104 g/mol. The van der Waals surface area contributed by atoms with Crippen molar-refractivity contribution in [3.63, 3.8) is 0 Å². The quantitative estimate of drug-likeness (QED) is 0.483. The van der Waals surface area contributed by atoms with Gasteiger partial charge in [-0.05, 0) is 0 Å². The van der Waals surface area contributed by atoms with E-state index in [0.717, 1.165) is 11.5 Å². The molecule has 2 nitrogen and oxygen atoms in total. The van der Waals surface area contributed by atoms with E-state index in [-0.39, 0.29) is 0 Å². The van der Waals surface area contributed by atoms with E-state index in [1.54, 1.807) is 0 Å². The molecule has 0 unspecified atom stereocenters. The Hall–Kier alpha value is -0.510. The number of halogens is 1. The van der Waals surface area contributed by atoms with Crippen molar-refractivity contribution in [2.75, 3.05) is 0 Å².